The average Bonchev–Trinajstić information content (AvgIpc) is 2.26. The zero-order chi connectivity index (χ0) is 11.5. The van der Waals surface area contributed by atoms with Crippen LogP contribution in [0.1, 0.15) is 5.56 Å². The van der Waals surface area contributed by atoms with Gasteiger partial charge in [-0.3, -0.25) is 10.1 Å². The molecule has 0 aliphatic heterocycles. The van der Waals surface area contributed by atoms with Gasteiger partial charge in [-0.1, -0.05) is 24.3 Å². The van der Waals surface area contributed by atoms with Gasteiger partial charge < -0.3 is 5.11 Å². The van der Waals surface area contributed by atoms with Crippen LogP contribution in [0.2, 0.25) is 0 Å². The molecule has 0 heterocycles. The van der Waals surface area contributed by atoms with Gasteiger partial charge in [0.05, 0.1) is 4.92 Å². The van der Waals surface area contributed by atoms with E-state index in [4.69, 9.17) is 0 Å². The van der Waals surface area contributed by atoms with Crippen LogP contribution in [0.4, 0.5) is 0 Å². The van der Waals surface area contributed by atoms with Crippen molar-refractivity contribution in [1.82, 2.24) is 0 Å². The molecule has 0 spiro atoms. The van der Waals surface area contributed by atoms with Gasteiger partial charge in [0, 0.05) is 11.6 Å². The lowest BCUT2D eigenvalue weighted by Gasteiger charge is -2.01. The summed E-state index contributed by atoms with van der Waals surface area (Å²) in [5, 5.41) is 21.7. The van der Waals surface area contributed by atoms with Crippen molar-refractivity contribution in [3.05, 3.63) is 58.3 Å². The molecule has 16 heavy (non-hydrogen) atoms. The highest BCUT2D eigenvalue weighted by atomic mass is 16.6. The maximum absolute atomic E-state index is 10.2. The second kappa shape index (κ2) is 4.02. The first-order valence-corrected chi connectivity index (χ1v) is 4.70. The maximum atomic E-state index is 10.2. The Morgan fingerprint density at radius 1 is 1.19 bits per heavy atom. The van der Waals surface area contributed by atoms with E-state index in [0.29, 0.717) is 5.56 Å². The summed E-state index contributed by atoms with van der Waals surface area (Å²) in [6.07, 6.45) is 2.09. The Morgan fingerprint density at radius 2 is 1.81 bits per heavy atom. The Labute approximate surface area is 91.6 Å². The molecule has 4 nitrogen and oxygen atoms in total. The van der Waals surface area contributed by atoms with Crippen LogP contribution >= 0.6 is 0 Å². The number of hydrogen-bond donors (Lipinski definition) is 1. The quantitative estimate of drug-likeness (QED) is 0.618. The lowest BCUT2D eigenvalue weighted by atomic mass is 10.1. The third-order valence-corrected chi connectivity index (χ3v) is 2.27. The number of nitro groups is 1. The summed E-state index contributed by atoms with van der Waals surface area (Å²) in [4.78, 5) is 9.62. The van der Waals surface area contributed by atoms with Crippen LogP contribution in [0.3, 0.4) is 0 Å². The molecule has 0 atom stereocenters. The van der Waals surface area contributed by atoms with Gasteiger partial charge in [0.1, 0.15) is 5.75 Å². The predicted octanol–water partition coefficient (Wildman–Crippen LogP) is 2.79. The molecular weight excluding hydrogens is 206 g/mol. The smallest absolute Gasteiger partial charge is 0.235 e. The number of rotatable bonds is 2. The number of fused-ring (bicyclic) bond motifs is 1. The molecule has 0 fully saturated rings. The zero-order valence-electron chi connectivity index (χ0n) is 8.33. The standard InChI is InChI=1S/C12H9NO3/c14-12-8-10-4-2-1-3-9(10)7-11(12)5-6-13(15)16/h1-8,14H. The van der Waals surface area contributed by atoms with E-state index in [1.807, 2.05) is 24.3 Å². The van der Waals surface area contributed by atoms with E-state index in [-0.39, 0.29) is 5.75 Å². The van der Waals surface area contributed by atoms with Crippen molar-refractivity contribution in [2.75, 3.05) is 0 Å². The van der Waals surface area contributed by atoms with Crippen LogP contribution in [-0.4, -0.2) is 10.0 Å². The molecule has 0 radical (unpaired) electrons. The van der Waals surface area contributed by atoms with Crippen LogP contribution in [0.15, 0.2) is 42.6 Å². The van der Waals surface area contributed by atoms with E-state index in [9.17, 15) is 15.2 Å². The van der Waals surface area contributed by atoms with Gasteiger partial charge in [-0.05, 0) is 22.9 Å². The van der Waals surface area contributed by atoms with Crippen molar-refractivity contribution >= 4 is 16.8 Å². The molecule has 0 saturated heterocycles. The lowest BCUT2D eigenvalue weighted by molar-refractivity contribution is -0.400. The number of aromatic hydroxyl groups is 1. The van der Waals surface area contributed by atoms with E-state index in [2.05, 4.69) is 0 Å². The minimum atomic E-state index is -0.561. The van der Waals surface area contributed by atoms with Crippen LogP contribution in [0.25, 0.3) is 16.8 Å². The van der Waals surface area contributed by atoms with Gasteiger partial charge >= 0.3 is 0 Å². The van der Waals surface area contributed by atoms with Gasteiger partial charge in [0.25, 0.3) is 0 Å². The first-order valence-electron chi connectivity index (χ1n) is 4.70. The fourth-order valence-electron chi connectivity index (χ4n) is 1.52. The fourth-order valence-corrected chi connectivity index (χ4v) is 1.52. The Kier molecular flexibility index (Phi) is 2.55. The van der Waals surface area contributed by atoms with Crippen LogP contribution < -0.4 is 0 Å². The van der Waals surface area contributed by atoms with Crippen LogP contribution in [-0.2, 0) is 0 Å². The van der Waals surface area contributed by atoms with Crippen molar-refractivity contribution in [1.29, 1.82) is 0 Å². The summed E-state index contributed by atoms with van der Waals surface area (Å²) >= 11 is 0. The molecule has 1 N–H and O–H groups in total. The summed E-state index contributed by atoms with van der Waals surface area (Å²) in [5.74, 6) is 0.0387. The van der Waals surface area contributed by atoms with E-state index in [1.54, 1.807) is 12.1 Å². The van der Waals surface area contributed by atoms with Crippen molar-refractivity contribution in [2.24, 2.45) is 0 Å². The molecule has 0 aromatic heterocycles. The minimum absolute atomic E-state index is 0.0387. The summed E-state index contributed by atoms with van der Waals surface area (Å²) in [7, 11) is 0. The van der Waals surface area contributed by atoms with Crippen molar-refractivity contribution in [3.63, 3.8) is 0 Å². The van der Waals surface area contributed by atoms with E-state index >= 15 is 0 Å². The summed E-state index contributed by atoms with van der Waals surface area (Å²) in [6, 6.07) is 10.8. The summed E-state index contributed by atoms with van der Waals surface area (Å²) in [5.41, 5.74) is 0.440. The van der Waals surface area contributed by atoms with Gasteiger partial charge in [-0.15, -0.1) is 0 Å². The van der Waals surface area contributed by atoms with Gasteiger partial charge in [-0.25, -0.2) is 0 Å². The highest BCUT2D eigenvalue weighted by molar-refractivity contribution is 5.86. The predicted molar refractivity (Wildman–Crippen MR) is 61.6 cm³/mol. The Hall–Kier alpha value is -2.36. The average molecular weight is 215 g/mol. The van der Waals surface area contributed by atoms with Crippen LogP contribution in [0.5, 0.6) is 5.75 Å². The first-order chi connectivity index (χ1) is 7.66. The zero-order valence-corrected chi connectivity index (χ0v) is 8.33. The van der Waals surface area contributed by atoms with E-state index in [0.717, 1.165) is 17.0 Å². The number of nitrogens with zero attached hydrogens (tertiary/aromatic N) is 1. The van der Waals surface area contributed by atoms with E-state index in [1.165, 1.54) is 6.08 Å². The highest BCUT2D eigenvalue weighted by Gasteiger charge is 2.01. The molecule has 0 unspecified atom stereocenters. The molecular formula is C12H9NO3. The largest absolute Gasteiger partial charge is 0.507 e. The second-order valence-corrected chi connectivity index (χ2v) is 3.36. The van der Waals surface area contributed by atoms with Crippen molar-refractivity contribution in [2.45, 2.75) is 0 Å². The molecule has 0 saturated carbocycles. The fraction of sp³-hybridized carbons (Fsp3) is 0. The van der Waals surface area contributed by atoms with E-state index < -0.39 is 4.92 Å². The third kappa shape index (κ3) is 2.00. The Balaban J connectivity index is 2.54. The molecule has 80 valence electrons. The molecule has 0 amide bonds. The number of phenols is 1. The molecule has 2 aromatic carbocycles. The van der Waals surface area contributed by atoms with Crippen molar-refractivity contribution < 1.29 is 10.0 Å². The van der Waals surface area contributed by atoms with Gasteiger partial charge in [0.2, 0.25) is 6.20 Å². The van der Waals surface area contributed by atoms with Crippen LogP contribution in [0, 0.1) is 10.1 Å². The normalized spacial score (nSPS) is 11.0. The molecule has 0 aliphatic rings. The molecule has 4 heteroatoms. The monoisotopic (exact) mass is 215 g/mol. The molecule has 2 rings (SSSR count). The number of phenolic OH excluding ortho intramolecular Hbond substituents is 1. The SMILES string of the molecule is O=[N+]([O-])C=Cc1cc2ccccc2cc1O. The molecule has 2 aromatic rings. The molecule has 0 aliphatic carbocycles. The Bertz CT molecular complexity index is 575. The third-order valence-electron chi connectivity index (χ3n) is 2.27. The Morgan fingerprint density at radius 3 is 2.44 bits per heavy atom. The topological polar surface area (TPSA) is 63.4 Å². The number of hydrogen-bond acceptors (Lipinski definition) is 3. The van der Waals surface area contributed by atoms with Gasteiger partial charge in [-0.2, -0.15) is 0 Å². The summed E-state index contributed by atoms with van der Waals surface area (Å²) < 4.78 is 0. The summed E-state index contributed by atoms with van der Waals surface area (Å²) in [6.45, 7) is 0. The number of benzene rings is 2. The molecule has 0 bridgehead atoms. The maximum Gasteiger partial charge on any atom is 0.235 e. The minimum Gasteiger partial charge on any atom is -0.507 e. The highest BCUT2D eigenvalue weighted by Crippen LogP contribution is 2.25. The van der Waals surface area contributed by atoms with Gasteiger partial charge in [0.15, 0.2) is 0 Å². The van der Waals surface area contributed by atoms with Crippen molar-refractivity contribution in [3.8, 4) is 5.75 Å². The second-order valence-electron chi connectivity index (χ2n) is 3.36. The first kappa shape index (κ1) is 10.2. The lowest BCUT2D eigenvalue weighted by Crippen LogP contribution is -1.83.